The SMILES string of the molecule is CCN(CCNc1nnc(C)c(C)n1)C1CC1. The van der Waals surface area contributed by atoms with E-state index in [2.05, 4.69) is 32.3 Å². The number of rotatable bonds is 6. The summed E-state index contributed by atoms with van der Waals surface area (Å²) in [4.78, 5) is 6.85. The van der Waals surface area contributed by atoms with Crippen LogP contribution in [-0.4, -0.2) is 45.8 Å². The minimum absolute atomic E-state index is 0.639. The van der Waals surface area contributed by atoms with Crippen molar-refractivity contribution in [1.82, 2.24) is 20.1 Å². The van der Waals surface area contributed by atoms with E-state index >= 15 is 0 Å². The first-order valence-electron chi connectivity index (χ1n) is 6.36. The smallest absolute Gasteiger partial charge is 0.243 e. The Kier molecular flexibility index (Phi) is 3.89. The Balaban J connectivity index is 1.78. The van der Waals surface area contributed by atoms with Gasteiger partial charge >= 0.3 is 0 Å². The molecule has 1 aliphatic rings. The Morgan fingerprint density at radius 3 is 2.59 bits per heavy atom. The topological polar surface area (TPSA) is 53.9 Å². The van der Waals surface area contributed by atoms with Gasteiger partial charge in [0.1, 0.15) is 0 Å². The minimum Gasteiger partial charge on any atom is -0.352 e. The number of anilines is 1. The number of hydrogen-bond acceptors (Lipinski definition) is 5. The molecule has 1 aromatic rings. The lowest BCUT2D eigenvalue weighted by Crippen LogP contribution is -2.31. The van der Waals surface area contributed by atoms with Crippen LogP contribution in [0.4, 0.5) is 5.95 Å². The van der Waals surface area contributed by atoms with Gasteiger partial charge in [-0.05, 0) is 33.2 Å². The number of likely N-dealkylation sites (N-methyl/N-ethyl adjacent to an activating group) is 1. The number of aryl methyl sites for hydroxylation is 2. The van der Waals surface area contributed by atoms with Gasteiger partial charge in [0.15, 0.2) is 0 Å². The van der Waals surface area contributed by atoms with E-state index in [4.69, 9.17) is 0 Å². The van der Waals surface area contributed by atoms with Crippen LogP contribution >= 0.6 is 0 Å². The Hall–Kier alpha value is -1.23. The van der Waals surface area contributed by atoms with Crippen LogP contribution in [-0.2, 0) is 0 Å². The Morgan fingerprint density at radius 2 is 2.00 bits per heavy atom. The molecule has 0 atom stereocenters. The van der Waals surface area contributed by atoms with E-state index in [0.717, 1.165) is 37.1 Å². The van der Waals surface area contributed by atoms with Crippen molar-refractivity contribution in [1.29, 1.82) is 0 Å². The zero-order valence-electron chi connectivity index (χ0n) is 10.9. The average molecular weight is 235 g/mol. The van der Waals surface area contributed by atoms with Crippen molar-refractivity contribution in [3.63, 3.8) is 0 Å². The Bertz CT molecular complexity index is 375. The fourth-order valence-electron chi connectivity index (χ4n) is 1.88. The third-order valence-electron chi connectivity index (χ3n) is 3.24. The predicted octanol–water partition coefficient (Wildman–Crippen LogP) is 1.38. The normalized spacial score (nSPS) is 15.3. The summed E-state index contributed by atoms with van der Waals surface area (Å²) in [5.74, 6) is 0.639. The van der Waals surface area contributed by atoms with E-state index in [1.165, 1.54) is 12.8 Å². The second kappa shape index (κ2) is 5.40. The van der Waals surface area contributed by atoms with Gasteiger partial charge < -0.3 is 5.32 Å². The molecule has 2 rings (SSSR count). The molecule has 1 fully saturated rings. The lowest BCUT2D eigenvalue weighted by Gasteiger charge is -2.19. The fourth-order valence-corrected chi connectivity index (χ4v) is 1.88. The highest BCUT2D eigenvalue weighted by molar-refractivity contribution is 5.24. The third-order valence-corrected chi connectivity index (χ3v) is 3.24. The maximum absolute atomic E-state index is 4.35. The highest BCUT2D eigenvalue weighted by atomic mass is 15.3. The van der Waals surface area contributed by atoms with Gasteiger partial charge in [-0.15, -0.1) is 5.10 Å². The van der Waals surface area contributed by atoms with E-state index in [1.54, 1.807) is 0 Å². The van der Waals surface area contributed by atoms with Gasteiger partial charge in [0.25, 0.3) is 0 Å². The standard InChI is InChI=1S/C12H21N5/c1-4-17(11-5-6-11)8-7-13-12-14-9(2)10(3)15-16-12/h11H,4-8H2,1-3H3,(H,13,14,16). The highest BCUT2D eigenvalue weighted by Crippen LogP contribution is 2.25. The van der Waals surface area contributed by atoms with E-state index in [1.807, 2.05) is 13.8 Å². The number of aromatic nitrogens is 3. The van der Waals surface area contributed by atoms with Crippen LogP contribution in [0.15, 0.2) is 0 Å². The molecule has 5 nitrogen and oxygen atoms in total. The zero-order chi connectivity index (χ0) is 12.3. The van der Waals surface area contributed by atoms with Crippen molar-refractivity contribution in [2.75, 3.05) is 25.0 Å². The van der Waals surface area contributed by atoms with Crippen molar-refractivity contribution in [3.05, 3.63) is 11.4 Å². The monoisotopic (exact) mass is 235 g/mol. The van der Waals surface area contributed by atoms with Crippen LogP contribution in [0.2, 0.25) is 0 Å². The van der Waals surface area contributed by atoms with Crippen LogP contribution in [0, 0.1) is 13.8 Å². The molecule has 0 radical (unpaired) electrons. The van der Waals surface area contributed by atoms with Crippen LogP contribution < -0.4 is 5.32 Å². The van der Waals surface area contributed by atoms with E-state index in [-0.39, 0.29) is 0 Å². The first-order valence-corrected chi connectivity index (χ1v) is 6.36. The van der Waals surface area contributed by atoms with E-state index in [9.17, 15) is 0 Å². The van der Waals surface area contributed by atoms with Crippen molar-refractivity contribution < 1.29 is 0 Å². The van der Waals surface area contributed by atoms with Crippen molar-refractivity contribution in [3.8, 4) is 0 Å². The molecule has 5 heteroatoms. The van der Waals surface area contributed by atoms with Gasteiger partial charge in [-0.2, -0.15) is 5.10 Å². The van der Waals surface area contributed by atoms with Crippen LogP contribution in [0.1, 0.15) is 31.2 Å². The second-order valence-corrected chi connectivity index (χ2v) is 4.59. The van der Waals surface area contributed by atoms with Gasteiger partial charge in [-0.1, -0.05) is 6.92 Å². The molecular formula is C12H21N5. The van der Waals surface area contributed by atoms with Crippen LogP contribution in [0.3, 0.4) is 0 Å². The predicted molar refractivity (Wildman–Crippen MR) is 68.1 cm³/mol. The summed E-state index contributed by atoms with van der Waals surface area (Å²) in [5.41, 5.74) is 1.83. The molecule has 1 heterocycles. The summed E-state index contributed by atoms with van der Waals surface area (Å²) in [6, 6.07) is 0.820. The summed E-state index contributed by atoms with van der Waals surface area (Å²) in [5, 5.41) is 11.3. The third kappa shape index (κ3) is 3.36. The summed E-state index contributed by atoms with van der Waals surface area (Å²) < 4.78 is 0. The molecule has 1 saturated carbocycles. The maximum atomic E-state index is 4.35. The molecule has 0 saturated heterocycles. The molecule has 0 unspecified atom stereocenters. The first-order chi connectivity index (χ1) is 8.20. The Morgan fingerprint density at radius 1 is 1.24 bits per heavy atom. The number of nitrogens with one attached hydrogen (secondary N) is 1. The molecule has 0 spiro atoms. The molecule has 17 heavy (non-hydrogen) atoms. The zero-order valence-corrected chi connectivity index (χ0v) is 10.9. The lowest BCUT2D eigenvalue weighted by molar-refractivity contribution is 0.288. The molecule has 0 amide bonds. The van der Waals surface area contributed by atoms with Crippen LogP contribution in [0.5, 0.6) is 0 Å². The largest absolute Gasteiger partial charge is 0.352 e. The quantitative estimate of drug-likeness (QED) is 0.807. The molecule has 94 valence electrons. The van der Waals surface area contributed by atoms with Gasteiger partial charge in [-0.3, -0.25) is 4.90 Å². The van der Waals surface area contributed by atoms with Crippen molar-refractivity contribution >= 4 is 5.95 Å². The number of hydrogen-bond donors (Lipinski definition) is 1. The maximum Gasteiger partial charge on any atom is 0.243 e. The second-order valence-electron chi connectivity index (χ2n) is 4.59. The first kappa shape index (κ1) is 12.2. The van der Waals surface area contributed by atoms with Gasteiger partial charge in [-0.25, -0.2) is 4.98 Å². The molecule has 0 aromatic carbocycles. The van der Waals surface area contributed by atoms with Crippen molar-refractivity contribution in [2.24, 2.45) is 0 Å². The summed E-state index contributed by atoms with van der Waals surface area (Å²) >= 11 is 0. The minimum atomic E-state index is 0.639. The Labute approximate surface area is 103 Å². The summed E-state index contributed by atoms with van der Waals surface area (Å²) in [6.45, 7) is 9.15. The molecule has 0 aliphatic heterocycles. The van der Waals surface area contributed by atoms with Crippen LogP contribution in [0.25, 0.3) is 0 Å². The van der Waals surface area contributed by atoms with E-state index in [0.29, 0.717) is 5.95 Å². The van der Waals surface area contributed by atoms with Gasteiger partial charge in [0.05, 0.1) is 11.4 Å². The summed E-state index contributed by atoms with van der Waals surface area (Å²) in [6.07, 6.45) is 2.71. The molecular weight excluding hydrogens is 214 g/mol. The van der Waals surface area contributed by atoms with E-state index < -0.39 is 0 Å². The molecule has 0 bridgehead atoms. The number of nitrogens with zero attached hydrogens (tertiary/aromatic N) is 4. The average Bonchev–Trinajstić information content (AvgIpc) is 3.13. The molecule has 1 N–H and O–H groups in total. The molecule has 1 aliphatic carbocycles. The highest BCUT2D eigenvalue weighted by Gasteiger charge is 2.27. The van der Waals surface area contributed by atoms with Gasteiger partial charge in [0.2, 0.25) is 5.95 Å². The lowest BCUT2D eigenvalue weighted by atomic mass is 10.4. The summed E-state index contributed by atoms with van der Waals surface area (Å²) in [7, 11) is 0. The molecule has 1 aromatic heterocycles. The fraction of sp³-hybridized carbons (Fsp3) is 0.750. The van der Waals surface area contributed by atoms with Crippen molar-refractivity contribution in [2.45, 2.75) is 39.7 Å². The van der Waals surface area contributed by atoms with Gasteiger partial charge in [0, 0.05) is 19.1 Å².